The summed E-state index contributed by atoms with van der Waals surface area (Å²) < 4.78 is 6.76. The predicted octanol–water partition coefficient (Wildman–Crippen LogP) is 6.26. The van der Waals surface area contributed by atoms with Crippen molar-refractivity contribution in [2.75, 3.05) is 13.2 Å². The number of rotatable bonds is 9. The summed E-state index contributed by atoms with van der Waals surface area (Å²) in [5.74, 6) is 0.228. The molecule has 1 unspecified atom stereocenters. The van der Waals surface area contributed by atoms with E-state index in [1.54, 1.807) is 0 Å². The molecule has 6 nitrogen and oxygen atoms in total. The number of ether oxygens (including phenoxy) is 1. The lowest BCUT2D eigenvalue weighted by molar-refractivity contribution is 0.0955. The van der Waals surface area contributed by atoms with Crippen LogP contribution >= 0.6 is 39.1 Å². The Morgan fingerprint density at radius 1 is 1.18 bits per heavy atom. The van der Waals surface area contributed by atoms with Crippen LogP contribution in [0.15, 0.2) is 64.2 Å². The molecule has 1 amide bonds. The number of nitrogens with zero attached hydrogens (tertiary/aromatic N) is 1. The summed E-state index contributed by atoms with van der Waals surface area (Å²) in [5, 5.41) is 17.7. The van der Waals surface area contributed by atoms with Gasteiger partial charge in [0.1, 0.15) is 18.1 Å². The Labute approximate surface area is 217 Å². The first-order valence-corrected chi connectivity index (χ1v) is 12.0. The normalized spacial score (nSPS) is 12.0. The van der Waals surface area contributed by atoms with Crippen LogP contribution in [0.25, 0.3) is 0 Å². The summed E-state index contributed by atoms with van der Waals surface area (Å²) in [6, 6.07) is 15.9. The van der Waals surface area contributed by atoms with Crippen LogP contribution in [-0.4, -0.2) is 30.4 Å². The molecule has 3 aromatic carbocycles. The van der Waals surface area contributed by atoms with Crippen molar-refractivity contribution in [2.45, 2.75) is 19.9 Å². The van der Waals surface area contributed by atoms with Crippen LogP contribution in [0.5, 0.6) is 11.5 Å². The zero-order chi connectivity index (χ0) is 24.7. The van der Waals surface area contributed by atoms with Gasteiger partial charge in [-0.2, -0.15) is 5.10 Å². The second-order valence-corrected chi connectivity index (χ2v) is 9.29. The number of hydrazone groups is 1. The number of hydrogen-bond donors (Lipinski definition) is 3. The van der Waals surface area contributed by atoms with Crippen LogP contribution in [0.2, 0.25) is 10.0 Å². The smallest absolute Gasteiger partial charge is 0.271 e. The van der Waals surface area contributed by atoms with Gasteiger partial charge >= 0.3 is 0 Å². The van der Waals surface area contributed by atoms with E-state index in [0.29, 0.717) is 18.7 Å². The minimum absolute atomic E-state index is 0.0869. The highest BCUT2D eigenvalue weighted by molar-refractivity contribution is 9.10. The van der Waals surface area contributed by atoms with Crippen LogP contribution < -0.4 is 15.5 Å². The molecule has 0 radical (unpaired) electrons. The number of phenols is 1. The Bertz CT molecular complexity index is 1160. The second kappa shape index (κ2) is 12.2. The van der Waals surface area contributed by atoms with Crippen molar-refractivity contribution >= 4 is 51.3 Å². The molecule has 3 N–H and O–H groups in total. The summed E-state index contributed by atoms with van der Waals surface area (Å²) in [6.07, 6.45) is 1.54. The van der Waals surface area contributed by atoms with Gasteiger partial charge in [-0.3, -0.25) is 4.79 Å². The number of aryl methyl sites for hydroxylation is 1. The van der Waals surface area contributed by atoms with E-state index >= 15 is 0 Å². The van der Waals surface area contributed by atoms with E-state index in [1.165, 1.54) is 24.4 Å². The molecule has 0 bridgehead atoms. The Morgan fingerprint density at radius 2 is 1.91 bits per heavy atom. The average molecular weight is 565 g/mol. The summed E-state index contributed by atoms with van der Waals surface area (Å²) in [7, 11) is 0. The Balaban J connectivity index is 1.52. The Kier molecular flexibility index (Phi) is 9.36. The van der Waals surface area contributed by atoms with Gasteiger partial charge in [-0.25, -0.2) is 5.43 Å². The maximum Gasteiger partial charge on any atom is 0.271 e. The molecule has 1 atom stereocenters. The lowest BCUT2D eigenvalue weighted by Gasteiger charge is -2.16. The quantitative estimate of drug-likeness (QED) is 0.163. The van der Waals surface area contributed by atoms with Gasteiger partial charge < -0.3 is 15.2 Å². The van der Waals surface area contributed by atoms with E-state index in [0.717, 1.165) is 31.9 Å². The molecule has 0 fully saturated rings. The van der Waals surface area contributed by atoms with Crippen LogP contribution in [0.1, 0.15) is 40.0 Å². The average Bonchev–Trinajstić information content (AvgIpc) is 2.80. The third-order valence-corrected chi connectivity index (χ3v) is 6.15. The number of amides is 1. The van der Waals surface area contributed by atoms with Gasteiger partial charge in [0.05, 0.1) is 15.7 Å². The zero-order valence-electron chi connectivity index (χ0n) is 18.6. The fourth-order valence-electron chi connectivity index (χ4n) is 3.19. The monoisotopic (exact) mass is 563 g/mol. The Hall–Kier alpha value is -2.58. The molecule has 178 valence electrons. The molecule has 0 saturated heterocycles. The molecule has 34 heavy (non-hydrogen) atoms. The third-order valence-electron chi connectivity index (χ3n) is 5.01. The molecule has 0 aromatic heterocycles. The fraction of sp³-hybridized carbons (Fsp3) is 0.200. The highest BCUT2D eigenvalue weighted by atomic mass is 79.9. The molecule has 3 rings (SSSR count). The van der Waals surface area contributed by atoms with Crippen molar-refractivity contribution in [3.63, 3.8) is 0 Å². The van der Waals surface area contributed by atoms with Gasteiger partial charge in [-0.15, -0.1) is 0 Å². The van der Waals surface area contributed by atoms with Crippen molar-refractivity contribution < 1.29 is 14.6 Å². The van der Waals surface area contributed by atoms with Crippen LogP contribution in [0, 0.1) is 6.92 Å². The first-order valence-electron chi connectivity index (χ1n) is 10.5. The highest BCUT2D eigenvalue weighted by Crippen LogP contribution is 2.30. The molecule has 3 aromatic rings. The number of nitrogens with one attached hydrogen (secondary N) is 2. The van der Waals surface area contributed by atoms with Crippen LogP contribution in [-0.2, 0) is 0 Å². The molecule has 0 aliphatic rings. The summed E-state index contributed by atoms with van der Waals surface area (Å²) in [4.78, 5) is 12.2. The first kappa shape index (κ1) is 26.0. The predicted molar refractivity (Wildman–Crippen MR) is 140 cm³/mol. The van der Waals surface area contributed by atoms with Crippen molar-refractivity contribution in [2.24, 2.45) is 5.10 Å². The number of carbonyl (C=O) groups is 1. The van der Waals surface area contributed by atoms with Crippen molar-refractivity contribution in [3.05, 3.63) is 91.4 Å². The van der Waals surface area contributed by atoms with Crippen LogP contribution in [0.4, 0.5) is 0 Å². The maximum absolute atomic E-state index is 12.2. The van der Waals surface area contributed by atoms with E-state index in [4.69, 9.17) is 27.9 Å². The molecule has 0 saturated carbocycles. The van der Waals surface area contributed by atoms with Crippen LogP contribution in [0.3, 0.4) is 0 Å². The van der Waals surface area contributed by atoms with E-state index in [1.807, 2.05) is 43.3 Å². The van der Waals surface area contributed by atoms with E-state index < -0.39 is 5.91 Å². The molecular formula is C25H24BrCl2N3O3. The fourth-order valence-corrected chi connectivity index (χ4v) is 4.19. The van der Waals surface area contributed by atoms with Crippen molar-refractivity contribution in [3.8, 4) is 11.5 Å². The lowest BCUT2D eigenvalue weighted by atomic mass is 10.1. The van der Waals surface area contributed by atoms with Gasteiger partial charge in [0, 0.05) is 23.2 Å². The van der Waals surface area contributed by atoms with Gasteiger partial charge in [0.2, 0.25) is 0 Å². The molecular weight excluding hydrogens is 541 g/mol. The second-order valence-electron chi connectivity index (χ2n) is 7.59. The van der Waals surface area contributed by atoms with E-state index in [-0.39, 0.29) is 16.8 Å². The molecule has 9 heteroatoms. The standard InChI is InChI=1S/C25H24BrCl2N3O3/c1-15-11-17(14-30-31-25(33)19-5-8-23(32)22(28)13-19)12-21(26)24(15)34-10-9-29-16(2)18-3-6-20(27)7-4-18/h3-8,11-14,16,29,32H,9-10H2,1-2H3,(H,31,33)/b30-14+. The zero-order valence-corrected chi connectivity index (χ0v) is 21.7. The summed E-state index contributed by atoms with van der Waals surface area (Å²) >= 11 is 15.3. The first-order chi connectivity index (χ1) is 16.2. The van der Waals surface area contributed by atoms with Gasteiger partial charge in [0.15, 0.2) is 0 Å². The number of aromatic hydroxyl groups is 1. The van der Waals surface area contributed by atoms with Gasteiger partial charge in [0.25, 0.3) is 5.91 Å². The number of phenolic OH excluding ortho intramolecular Hbond substituents is 1. The van der Waals surface area contributed by atoms with Crippen molar-refractivity contribution in [1.29, 1.82) is 0 Å². The minimum Gasteiger partial charge on any atom is -0.506 e. The van der Waals surface area contributed by atoms with Gasteiger partial charge in [-0.1, -0.05) is 35.3 Å². The van der Waals surface area contributed by atoms with E-state index in [9.17, 15) is 9.90 Å². The molecule has 0 aliphatic heterocycles. The minimum atomic E-state index is -0.436. The largest absolute Gasteiger partial charge is 0.506 e. The SMILES string of the molecule is Cc1cc(/C=N/NC(=O)c2ccc(O)c(Cl)c2)cc(Br)c1OCCNC(C)c1ccc(Cl)cc1. The lowest BCUT2D eigenvalue weighted by Crippen LogP contribution is -2.24. The number of carbonyl (C=O) groups excluding carboxylic acids is 1. The summed E-state index contributed by atoms with van der Waals surface area (Å²) in [5.41, 5.74) is 5.61. The molecule has 0 heterocycles. The highest BCUT2D eigenvalue weighted by Gasteiger charge is 2.10. The summed E-state index contributed by atoms with van der Waals surface area (Å²) in [6.45, 7) is 5.20. The molecule has 0 aliphatic carbocycles. The number of halogens is 3. The van der Waals surface area contributed by atoms with E-state index in [2.05, 4.69) is 38.7 Å². The number of hydrogen-bond acceptors (Lipinski definition) is 5. The Morgan fingerprint density at radius 3 is 2.59 bits per heavy atom. The van der Waals surface area contributed by atoms with Crippen molar-refractivity contribution in [1.82, 2.24) is 10.7 Å². The van der Waals surface area contributed by atoms with Gasteiger partial charge in [-0.05, 0) is 88.9 Å². The maximum atomic E-state index is 12.2. The topological polar surface area (TPSA) is 83.0 Å². The number of benzene rings is 3. The molecule has 0 spiro atoms. The third kappa shape index (κ3) is 7.21.